The monoisotopic (exact) mass is 372 g/mol. The zero-order chi connectivity index (χ0) is 18.9. The second-order valence-corrected chi connectivity index (χ2v) is 7.76. The van der Waals surface area contributed by atoms with Crippen LogP contribution in [0.2, 0.25) is 0 Å². The molecule has 0 unspecified atom stereocenters. The van der Waals surface area contributed by atoms with Crippen LogP contribution in [0.5, 0.6) is 0 Å². The first kappa shape index (κ1) is 17.9. The molecule has 2 N–H and O–H groups in total. The van der Waals surface area contributed by atoms with Gasteiger partial charge < -0.3 is 14.6 Å². The molecule has 3 aromatic rings. The largest absolute Gasteiger partial charge is 0.444 e. The van der Waals surface area contributed by atoms with Gasteiger partial charge in [-0.15, -0.1) is 11.3 Å². The molecule has 1 aromatic carbocycles. The minimum atomic E-state index is -0.620. The number of aryl methyl sites for hydroxylation is 1. The third kappa shape index (κ3) is 4.20. The molecule has 2 aromatic heterocycles. The Bertz CT molecular complexity index is 968. The number of ether oxygens (including phenoxy) is 1. The van der Waals surface area contributed by atoms with Gasteiger partial charge in [0.1, 0.15) is 5.60 Å². The highest BCUT2D eigenvalue weighted by Crippen LogP contribution is 2.24. The lowest BCUT2D eigenvalue weighted by Gasteiger charge is -2.18. The second kappa shape index (κ2) is 6.80. The number of hydrogen-bond acceptors (Lipinski definition) is 5. The summed E-state index contributed by atoms with van der Waals surface area (Å²) in [6, 6.07) is 7.72. The zero-order valence-electron chi connectivity index (χ0n) is 15.0. The number of carbonyl (C=O) groups excluding carboxylic acids is 2. The number of anilines is 2. The highest BCUT2D eigenvalue weighted by atomic mass is 32.1. The van der Waals surface area contributed by atoms with Gasteiger partial charge in [-0.2, -0.15) is 0 Å². The SMILES string of the molecule is Cn1cc(NC(=O)OC(C)(C)C)nc1C(=O)Nc1ccc2sccc2c1. The Labute approximate surface area is 155 Å². The third-order valence-electron chi connectivity index (χ3n) is 3.42. The van der Waals surface area contributed by atoms with Gasteiger partial charge in [-0.1, -0.05) is 0 Å². The number of benzene rings is 1. The van der Waals surface area contributed by atoms with Crippen LogP contribution in [0.25, 0.3) is 10.1 Å². The van der Waals surface area contributed by atoms with E-state index in [4.69, 9.17) is 4.74 Å². The van der Waals surface area contributed by atoms with Crippen molar-refractivity contribution in [1.29, 1.82) is 0 Å². The fourth-order valence-electron chi connectivity index (χ4n) is 2.38. The highest BCUT2D eigenvalue weighted by molar-refractivity contribution is 7.17. The predicted molar refractivity (Wildman–Crippen MR) is 103 cm³/mol. The minimum Gasteiger partial charge on any atom is -0.444 e. The van der Waals surface area contributed by atoms with Crippen LogP contribution in [-0.2, 0) is 11.8 Å². The number of carbonyl (C=O) groups is 2. The van der Waals surface area contributed by atoms with Crippen molar-refractivity contribution >= 4 is 44.9 Å². The Morgan fingerprint density at radius 3 is 2.69 bits per heavy atom. The topological polar surface area (TPSA) is 85.2 Å². The van der Waals surface area contributed by atoms with Crippen molar-refractivity contribution in [2.75, 3.05) is 10.6 Å². The maximum Gasteiger partial charge on any atom is 0.413 e. The number of hydrogen-bond donors (Lipinski definition) is 2. The van der Waals surface area contributed by atoms with E-state index in [1.54, 1.807) is 49.9 Å². The van der Waals surface area contributed by atoms with Crippen LogP contribution in [-0.4, -0.2) is 27.2 Å². The van der Waals surface area contributed by atoms with Crippen molar-refractivity contribution in [2.24, 2.45) is 7.05 Å². The Morgan fingerprint density at radius 2 is 1.96 bits per heavy atom. The van der Waals surface area contributed by atoms with E-state index in [9.17, 15) is 9.59 Å². The summed E-state index contributed by atoms with van der Waals surface area (Å²) in [5.74, 6) is 0.0704. The molecule has 8 heteroatoms. The van der Waals surface area contributed by atoms with Crippen LogP contribution in [0.15, 0.2) is 35.8 Å². The first-order valence-electron chi connectivity index (χ1n) is 8.03. The van der Waals surface area contributed by atoms with Crippen LogP contribution >= 0.6 is 11.3 Å². The molecule has 0 aliphatic rings. The molecular formula is C18H20N4O3S. The lowest BCUT2D eigenvalue weighted by Crippen LogP contribution is -2.27. The van der Waals surface area contributed by atoms with Crippen molar-refractivity contribution in [3.63, 3.8) is 0 Å². The second-order valence-electron chi connectivity index (χ2n) is 6.81. The van der Waals surface area contributed by atoms with E-state index in [1.165, 1.54) is 0 Å². The van der Waals surface area contributed by atoms with Crippen molar-refractivity contribution in [3.05, 3.63) is 41.7 Å². The van der Waals surface area contributed by atoms with Gasteiger partial charge in [-0.05, 0) is 55.8 Å². The van der Waals surface area contributed by atoms with Gasteiger partial charge in [-0.25, -0.2) is 9.78 Å². The normalized spacial score (nSPS) is 11.4. The van der Waals surface area contributed by atoms with Gasteiger partial charge in [-0.3, -0.25) is 10.1 Å². The summed E-state index contributed by atoms with van der Waals surface area (Å²) in [6.45, 7) is 5.32. The summed E-state index contributed by atoms with van der Waals surface area (Å²) in [6.07, 6.45) is 0.937. The molecule has 0 atom stereocenters. The van der Waals surface area contributed by atoms with Crippen LogP contribution in [0.1, 0.15) is 31.4 Å². The van der Waals surface area contributed by atoms with Gasteiger partial charge in [0, 0.05) is 23.6 Å². The maximum absolute atomic E-state index is 12.5. The molecule has 7 nitrogen and oxygen atoms in total. The standard InChI is InChI=1S/C18H20N4O3S/c1-18(2,3)25-17(24)21-14-10-22(4)15(20-14)16(23)19-12-5-6-13-11(9-12)7-8-26-13/h5-10H,1-4H3,(H,19,23)(H,21,24). The number of aromatic nitrogens is 2. The predicted octanol–water partition coefficient (Wildman–Crippen LogP) is 4.23. The van der Waals surface area contributed by atoms with Crippen molar-refractivity contribution in [2.45, 2.75) is 26.4 Å². The summed E-state index contributed by atoms with van der Waals surface area (Å²) in [7, 11) is 1.68. The molecule has 0 aliphatic carbocycles. The lowest BCUT2D eigenvalue weighted by atomic mass is 10.2. The molecule has 0 fully saturated rings. The molecule has 0 radical (unpaired) electrons. The van der Waals surface area contributed by atoms with Crippen molar-refractivity contribution < 1.29 is 14.3 Å². The van der Waals surface area contributed by atoms with Gasteiger partial charge in [0.25, 0.3) is 5.91 Å². The lowest BCUT2D eigenvalue weighted by molar-refractivity contribution is 0.0635. The van der Waals surface area contributed by atoms with Gasteiger partial charge in [0.15, 0.2) is 5.82 Å². The Hall–Kier alpha value is -2.87. The van der Waals surface area contributed by atoms with E-state index in [2.05, 4.69) is 15.6 Å². The number of imidazole rings is 1. The van der Waals surface area contributed by atoms with Crippen molar-refractivity contribution in [1.82, 2.24) is 9.55 Å². The average Bonchev–Trinajstić information content (AvgIpc) is 3.11. The van der Waals surface area contributed by atoms with E-state index in [0.29, 0.717) is 5.69 Å². The quantitative estimate of drug-likeness (QED) is 0.720. The molecule has 0 spiro atoms. The van der Waals surface area contributed by atoms with Crippen LogP contribution < -0.4 is 10.6 Å². The van der Waals surface area contributed by atoms with E-state index in [1.807, 2.05) is 29.6 Å². The molecule has 2 amide bonds. The van der Waals surface area contributed by atoms with Crippen LogP contribution in [0.3, 0.4) is 0 Å². The summed E-state index contributed by atoms with van der Waals surface area (Å²) < 4.78 is 7.88. The molecule has 0 bridgehead atoms. The number of nitrogens with one attached hydrogen (secondary N) is 2. The molecule has 0 aliphatic heterocycles. The number of amides is 2. The minimum absolute atomic E-state index is 0.182. The molecule has 2 heterocycles. The molecule has 136 valence electrons. The highest BCUT2D eigenvalue weighted by Gasteiger charge is 2.19. The number of nitrogens with zero attached hydrogens (tertiary/aromatic N) is 2. The smallest absolute Gasteiger partial charge is 0.413 e. The Balaban J connectivity index is 1.71. The number of fused-ring (bicyclic) bond motifs is 1. The third-order valence-corrected chi connectivity index (χ3v) is 4.32. The first-order valence-corrected chi connectivity index (χ1v) is 8.91. The van der Waals surface area contributed by atoms with Crippen molar-refractivity contribution in [3.8, 4) is 0 Å². The summed E-state index contributed by atoms with van der Waals surface area (Å²) >= 11 is 1.65. The fourth-order valence-corrected chi connectivity index (χ4v) is 3.15. The maximum atomic E-state index is 12.5. The number of rotatable bonds is 3. The Kier molecular flexibility index (Phi) is 4.69. The average molecular weight is 372 g/mol. The van der Waals surface area contributed by atoms with Crippen LogP contribution in [0, 0.1) is 0 Å². The van der Waals surface area contributed by atoms with Crippen LogP contribution in [0.4, 0.5) is 16.3 Å². The molecule has 0 saturated carbocycles. The Morgan fingerprint density at radius 1 is 1.19 bits per heavy atom. The van der Waals surface area contributed by atoms with E-state index in [0.717, 1.165) is 10.1 Å². The molecule has 0 saturated heterocycles. The van der Waals surface area contributed by atoms with E-state index < -0.39 is 11.7 Å². The summed E-state index contributed by atoms with van der Waals surface area (Å²) in [4.78, 5) is 28.5. The first-order chi connectivity index (χ1) is 12.2. The molecular weight excluding hydrogens is 352 g/mol. The van der Waals surface area contributed by atoms with E-state index >= 15 is 0 Å². The molecule has 26 heavy (non-hydrogen) atoms. The van der Waals surface area contributed by atoms with Gasteiger partial charge >= 0.3 is 6.09 Å². The number of thiophene rings is 1. The molecule has 3 rings (SSSR count). The van der Waals surface area contributed by atoms with E-state index in [-0.39, 0.29) is 17.5 Å². The zero-order valence-corrected chi connectivity index (χ0v) is 15.8. The fraction of sp³-hybridized carbons (Fsp3) is 0.278. The van der Waals surface area contributed by atoms with Gasteiger partial charge in [0.2, 0.25) is 5.82 Å². The summed E-state index contributed by atoms with van der Waals surface area (Å²) in [5, 5.41) is 8.42. The summed E-state index contributed by atoms with van der Waals surface area (Å²) in [5.41, 5.74) is 0.0740. The van der Waals surface area contributed by atoms with Gasteiger partial charge in [0.05, 0.1) is 0 Å².